The zero-order valence-electron chi connectivity index (χ0n) is 17.6. The first-order valence-electron chi connectivity index (χ1n) is 9.94. The van der Waals surface area contributed by atoms with E-state index >= 15 is 0 Å². The Morgan fingerprint density at radius 2 is 1.50 bits per heavy atom. The predicted octanol–water partition coefficient (Wildman–Crippen LogP) is 5.23. The van der Waals surface area contributed by atoms with Gasteiger partial charge in [-0.3, -0.25) is 0 Å². The number of benzene rings is 3. The lowest BCUT2D eigenvalue weighted by atomic mass is 9.89. The van der Waals surface area contributed by atoms with Gasteiger partial charge in [0.15, 0.2) is 11.5 Å². The van der Waals surface area contributed by atoms with E-state index in [0.717, 1.165) is 42.2 Å². The van der Waals surface area contributed by atoms with E-state index in [2.05, 4.69) is 59.9 Å². The maximum Gasteiger partial charge on any atom is 0.161 e. The highest BCUT2D eigenvalue weighted by Crippen LogP contribution is 2.37. The molecule has 0 saturated heterocycles. The monoisotopic (exact) mass is 425 g/mol. The minimum absolute atomic E-state index is 0. The first-order chi connectivity index (χ1) is 14.2. The van der Waals surface area contributed by atoms with Gasteiger partial charge < -0.3 is 19.5 Å². The van der Waals surface area contributed by atoms with Crippen molar-refractivity contribution >= 4 is 12.4 Å². The van der Waals surface area contributed by atoms with Crippen LogP contribution < -0.4 is 19.5 Å². The summed E-state index contributed by atoms with van der Waals surface area (Å²) in [6, 6.07) is 21.3. The lowest BCUT2D eigenvalue weighted by Crippen LogP contribution is -2.31. The molecule has 1 aliphatic rings. The molecule has 1 N–H and O–H groups in total. The highest BCUT2D eigenvalue weighted by atomic mass is 35.5. The van der Waals surface area contributed by atoms with Gasteiger partial charge in [0.1, 0.15) is 5.75 Å². The second-order valence-corrected chi connectivity index (χ2v) is 7.26. The molecule has 0 saturated carbocycles. The van der Waals surface area contributed by atoms with Crippen molar-refractivity contribution in [2.24, 2.45) is 0 Å². The Hall–Kier alpha value is -2.69. The number of rotatable bonds is 6. The van der Waals surface area contributed by atoms with Gasteiger partial charge >= 0.3 is 0 Å². The van der Waals surface area contributed by atoms with Crippen molar-refractivity contribution in [2.45, 2.75) is 18.9 Å². The molecule has 158 valence electrons. The third-order valence-electron chi connectivity index (χ3n) is 5.62. The highest BCUT2D eigenvalue weighted by Gasteiger charge is 2.24. The smallest absolute Gasteiger partial charge is 0.161 e. The number of fused-ring (bicyclic) bond motifs is 1. The maximum absolute atomic E-state index is 5.75. The molecule has 1 atom stereocenters. The van der Waals surface area contributed by atoms with Crippen LogP contribution in [0.25, 0.3) is 11.1 Å². The molecule has 1 heterocycles. The molecule has 1 unspecified atom stereocenters. The van der Waals surface area contributed by atoms with Crippen LogP contribution in [-0.4, -0.2) is 27.9 Å². The summed E-state index contributed by atoms with van der Waals surface area (Å²) in [7, 11) is 5.10. The van der Waals surface area contributed by atoms with E-state index in [1.165, 1.54) is 22.3 Å². The van der Waals surface area contributed by atoms with Gasteiger partial charge in [-0.25, -0.2) is 0 Å². The van der Waals surface area contributed by atoms with Crippen LogP contribution in [0.3, 0.4) is 0 Å². The Kier molecular flexibility index (Phi) is 7.24. The van der Waals surface area contributed by atoms with Gasteiger partial charge in [-0.2, -0.15) is 0 Å². The van der Waals surface area contributed by atoms with Crippen LogP contribution >= 0.6 is 12.4 Å². The normalized spacial score (nSPS) is 15.0. The van der Waals surface area contributed by atoms with Gasteiger partial charge in [0.25, 0.3) is 0 Å². The van der Waals surface area contributed by atoms with Crippen molar-refractivity contribution in [1.29, 1.82) is 0 Å². The van der Waals surface area contributed by atoms with Crippen LogP contribution in [0.5, 0.6) is 17.2 Å². The average molecular weight is 426 g/mol. The summed E-state index contributed by atoms with van der Waals surface area (Å²) in [5.41, 5.74) is 6.12. The second-order valence-electron chi connectivity index (χ2n) is 7.26. The van der Waals surface area contributed by atoms with Crippen molar-refractivity contribution in [3.8, 4) is 28.4 Å². The fraction of sp³-hybridized carbons (Fsp3) is 0.280. The van der Waals surface area contributed by atoms with Crippen LogP contribution in [0.4, 0.5) is 0 Å². The largest absolute Gasteiger partial charge is 0.496 e. The van der Waals surface area contributed by atoms with Crippen LogP contribution in [0.1, 0.15) is 22.7 Å². The van der Waals surface area contributed by atoms with E-state index in [4.69, 9.17) is 14.2 Å². The molecular formula is C25H28ClNO3. The molecule has 0 radical (unpaired) electrons. The van der Waals surface area contributed by atoms with Crippen molar-refractivity contribution in [1.82, 2.24) is 5.32 Å². The topological polar surface area (TPSA) is 39.7 Å². The number of nitrogens with one attached hydrogen (secondary N) is 1. The van der Waals surface area contributed by atoms with Gasteiger partial charge in [-0.05, 0) is 65.4 Å². The van der Waals surface area contributed by atoms with Crippen LogP contribution in [0.15, 0.2) is 60.7 Å². The fourth-order valence-electron chi connectivity index (χ4n) is 4.09. The summed E-state index contributed by atoms with van der Waals surface area (Å²) >= 11 is 0. The Labute approximate surface area is 184 Å². The number of methoxy groups -OCH3 is 3. The number of hydrogen-bond donors (Lipinski definition) is 1. The molecule has 0 fully saturated rings. The molecule has 1 aliphatic heterocycles. The maximum atomic E-state index is 5.75. The number of hydrogen-bond acceptors (Lipinski definition) is 4. The molecule has 4 rings (SSSR count). The van der Waals surface area contributed by atoms with Crippen molar-refractivity contribution in [3.05, 3.63) is 77.4 Å². The third kappa shape index (κ3) is 4.40. The molecule has 3 aromatic carbocycles. The quantitative estimate of drug-likeness (QED) is 0.587. The van der Waals surface area contributed by atoms with E-state index in [-0.39, 0.29) is 18.4 Å². The molecule has 5 heteroatoms. The predicted molar refractivity (Wildman–Crippen MR) is 123 cm³/mol. The zero-order chi connectivity index (χ0) is 20.2. The van der Waals surface area contributed by atoms with Crippen molar-refractivity contribution in [3.63, 3.8) is 0 Å². The Balaban J connectivity index is 0.00000256. The fourth-order valence-corrected chi connectivity index (χ4v) is 4.09. The molecule has 0 aliphatic carbocycles. The summed E-state index contributed by atoms with van der Waals surface area (Å²) < 4.78 is 16.8. The Morgan fingerprint density at radius 1 is 0.800 bits per heavy atom. The van der Waals surface area contributed by atoms with Gasteiger partial charge in [-0.15, -0.1) is 12.4 Å². The zero-order valence-corrected chi connectivity index (χ0v) is 18.4. The van der Waals surface area contributed by atoms with E-state index < -0.39 is 0 Å². The summed E-state index contributed by atoms with van der Waals surface area (Å²) in [6.07, 6.45) is 1.83. The van der Waals surface area contributed by atoms with Crippen LogP contribution in [0.2, 0.25) is 0 Å². The molecule has 0 spiro atoms. The van der Waals surface area contributed by atoms with Crippen LogP contribution in [-0.2, 0) is 12.8 Å². The van der Waals surface area contributed by atoms with Gasteiger partial charge in [0.2, 0.25) is 0 Å². The summed E-state index contributed by atoms with van der Waals surface area (Å²) in [5, 5.41) is 3.66. The lowest BCUT2D eigenvalue weighted by molar-refractivity contribution is 0.352. The number of halogens is 1. The van der Waals surface area contributed by atoms with Gasteiger partial charge in [0.05, 0.1) is 21.3 Å². The summed E-state index contributed by atoms with van der Waals surface area (Å²) in [6.45, 7) is 0.942. The van der Waals surface area contributed by atoms with E-state index in [1.54, 1.807) is 21.3 Å². The second kappa shape index (κ2) is 9.88. The van der Waals surface area contributed by atoms with Crippen LogP contribution in [0, 0.1) is 0 Å². The third-order valence-corrected chi connectivity index (χ3v) is 5.62. The first kappa shape index (κ1) is 22.0. The van der Waals surface area contributed by atoms with Gasteiger partial charge in [-0.1, -0.05) is 42.5 Å². The van der Waals surface area contributed by atoms with Gasteiger partial charge in [0, 0.05) is 6.04 Å². The molecule has 0 bridgehead atoms. The first-order valence-corrected chi connectivity index (χ1v) is 9.94. The summed E-state index contributed by atoms with van der Waals surface area (Å²) in [5.74, 6) is 2.48. The molecular weight excluding hydrogens is 398 g/mol. The Bertz CT molecular complexity index is 991. The molecule has 4 nitrogen and oxygen atoms in total. The van der Waals surface area contributed by atoms with E-state index in [0.29, 0.717) is 0 Å². The summed E-state index contributed by atoms with van der Waals surface area (Å²) in [4.78, 5) is 0. The van der Waals surface area contributed by atoms with Crippen molar-refractivity contribution < 1.29 is 14.2 Å². The minimum atomic E-state index is 0. The molecule has 3 aromatic rings. The standard InChI is InChI=1S/C25H27NO3.ClH/c1-27-23-14-18(17-7-5-4-6-8-17)9-10-20(23)13-22-21-16-25(29-3)24(28-2)15-19(21)11-12-26-22;/h4-10,14-16,22,26H,11-13H2,1-3H3;1H. The van der Waals surface area contributed by atoms with E-state index in [9.17, 15) is 0 Å². The minimum Gasteiger partial charge on any atom is -0.496 e. The highest BCUT2D eigenvalue weighted by molar-refractivity contribution is 5.85. The lowest BCUT2D eigenvalue weighted by Gasteiger charge is -2.29. The van der Waals surface area contributed by atoms with Crippen molar-refractivity contribution in [2.75, 3.05) is 27.9 Å². The Morgan fingerprint density at radius 3 is 2.20 bits per heavy atom. The molecule has 0 aromatic heterocycles. The number of ether oxygens (including phenoxy) is 3. The van der Waals surface area contributed by atoms with E-state index in [1.807, 2.05) is 6.07 Å². The average Bonchev–Trinajstić information content (AvgIpc) is 2.79. The molecule has 0 amide bonds. The molecule has 30 heavy (non-hydrogen) atoms. The SMILES string of the molecule is COc1cc(-c2ccccc2)ccc1CC1NCCc2cc(OC)c(OC)cc21.Cl.